The third-order valence-corrected chi connectivity index (χ3v) is 1.59. The van der Waals surface area contributed by atoms with Gasteiger partial charge in [-0.25, -0.2) is 9.59 Å². The molecule has 0 saturated heterocycles. The molecule has 1 aliphatic heterocycles. The van der Waals surface area contributed by atoms with Gasteiger partial charge >= 0.3 is 11.9 Å². The summed E-state index contributed by atoms with van der Waals surface area (Å²) < 4.78 is 0. The fourth-order valence-corrected chi connectivity index (χ4v) is 0.932. The van der Waals surface area contributed by atoms with Gasteiger partial charge in [0.05, 0.1) is 6.42 Å². The fraction of sp³-hybridized carbons (Fsp3) is 0.333. The Hall–Kier alpha value is -1.36. The van der Waals surface area contributed by atoms with Crippen LogP contribution in [0.5, 0.6) is 0 Å². The van der Waals surface area contributed by atoms with E-state index in [1.165, 1.54) is 0 Å². The Labute approximate surface area is 61.9 Å². The monoisotopic (exact) mass is 155 g/mol. The summed E-state index contributed by atoms with van der Waals surface area (Å²) in [6.07, 6.45) is 0.771. The molecule has 0 aromatic carbocycles. The van der Waals surface area contributed by atoms with Gasteiger partial charge < -0.3 is 9.68 Å². The highest BCUT2D eigenvalue weighted by molar-refractivity contribution is 5.96. The molecule has 0 fully saturated rings. The summed E-state index contributed by atoms with van der Waals surface area (Å²) in [5, 5.41) is 0. The van der Waals surface area contributed by atoms with Crippen LogP contribution in [-0.2, 0) is 19.3 Å². The van der Waals surface area contributed by atoms with Gasteiger partial charge in [-0.1, -0.05) is 0 Å². The molecular formula is C6H5NO4. The van der Waals surface area contributed by atoms with Crippen molar-refractivity contribution in [3.05, 3.63) is 11.1 Å². The van der Waals surface area contributed by atoms with Crippen LogP contribution < -0.4 is 5.64 Å². The van der Waals surface area contributed by atoms with E-state index in [0.717, 1.165) is 5.57 Å². The number of carbonyl (C=O) groups excluding carboxylic acids is 2. The third-order valence-electron chi connectivity index (χ3n) is 1.59. The molecule has 0 saturated carbocycles. The molecule has 11 heavy (non-hydrogen) atoms. The van der Waals surface area contributed by atoms with E-state index in [9.17, 15) is 9.59 Å². The van der Waals surface area contributed by atoms with E-state index in [1.54, 1.807) is 0 Å². The smallest absolute Gasteiger partial charge is 0.335 e. The first-order chi connectivity index (χ1) is 5.27. The van der Waals surface area contributed by atoms with E-state index < -0.39 is 11.9 Å². The molecule has 0 aromatic heterocycles. The molecule has 5 nitrogen and oxygen atoms in total. The number of rotatable bonds is 0. The van der Waals surface area contributed by atoms with Gasteiger partial charge in [-0.15, -0.1) is 0 Å². The molecular weight excluding hydrogens is 150 g/mol. The van der Waals surface area contributed by atoms with E-state index in [-0.39, 0.29) is 6.42 Å². The van der Waals surface area contributed by atoms with Crippen molar-refractivity contribution in [3.63, 3.8) is 0 Å². The molecule has 2 rings (SSSR count). The van der Waals surface area contributed by atoms with Gasteiger partial charge in [0.15, 0.2) is 0 Å². The first kappa shape index (κ1) is 6.36. The van der Waals surface area contributed by atoms with Crippen molar-refractivity contribution in [1.29, 1.82) is 0 Å². The highest BCUT2D eigenvalue weighted by atomic mass is 16.9. The normalized spacial score (nSPS) is 22.9. The summed E-state index contributed by atoms with van der Waals surface area (Å²) in [7, 11) is 0. The topological polar surface area (TPSA) is 64.6 Å². The predicted molar refractivity (Wildman–Crippen MR) is 31.6 cm³/mol. The Morgan fingerprint density at radius 3 is 2.82 bits per heavy atom. The number of hydrogen-bond donors (Lipinski definition) is 1. The van der Waals surface area contributed by atoms with Crippen LogP contribution in [0.1, 0.15) is 12.8 Å². The van der Waals surface area contributed by atoms with Gasteiger partial charge in [-0.3, -0.25) is 0 Å². The molecule has 0 unspecified atom stereocenters. The largest absolute Gasteiger partial charge is 0.356 e. The Morgan fingerprint density at radius 2 is 2.00 bits per heavy atom. The maximum absolute atomic E-state index is 10.8. The van der Waals surface area contributed by atoms with Gasteiger partial charge in [-0.2, -0.15) is 0 Å². The van der Waals surface area contributed by atoms with Crippen molar-refractivity contribution in [1.82, 2.24) is 5.64 Å². The quantitative estimate of drug-likeness (QED) is 0.515. The van der Waals surface area contributed by atoms with E-state index in [4.69, 9.17) is 0 Å². The van der Waals surface area contributed by atoms with Crippen LogP contribution in [0.4, 0.5) is 0 Å². The van der Waals surface area contributed by atoms with Crippen LogP contribution in [0.3, 0.4) is 0 Å². The van der Waals surface area contributed by atoms with E-state index in [0.29, 0.717) is 12.0 Å². The lowest BCUT2D eigenvalue weighted by Gasteiger charge is -2.04. The van der Waals surface area contributed by atoms with Gasteiger partial charge in [-0.05, 0) is 5.57 Å². The summed E-state index contributed by atoms with van der Waals surface area (Å²) in [6.45, 7) is 0. The first-order valence-corrected chi connectivity index (χ1v) is 3.14. The average Bonchev–Trinajstić information content (AvgIpc) is 2.64. The molecule has 0 spiro atoms. The maximum Gasteiger partial charge on any atom is 0.356 e. The van der Waals surface area contributed by atoms with E-state index >= 15 is 0 Å². The lowest BCUT2D eigenvalue weighted by Crippen LogP contribution is -2.24. The van der Waals surface area contributed by atoms with Crippen LogP contribution >= 0.6 is 0 Å². The second-order valence-electron chi connectivity index (χ2n) is 2.38. The molecule has 1 N–H and O–H groups in total. The van der Waals surface area contributed by atoms with Gasteiger partial charge in [0.2, 0.25) is 0 Å². The zero-order valence-electron chi connectivity index (χ0n) is 5.55. The lowest BCUT2D eigenvalue weighted by molar-refractivity contribution is -0.195. The lowest BCUT2D eigenvalue weighted by atomic mass is 10.3. The van der Waals surface area contributed by atoms with Crippen LogP contribution in [0.2, 0.25) is 0 Å². The summed E-state index contributed by atoms with van der Waals surface area (Å²) in [6, 6.07) is 0. The minimum atomic E-state index is -0.451. The third kappa shape index (κ3) is 1.10. The van der Waals surface area contributed by atoms with Crippen molar-refractivity contribution in [2.75, 3.05) is 0 Å². The number of carbonyl (C=O) groups is 2. The van der Waals surface area contributed by atoms with Crippen molar-refractivity contribution >= 4 is 11.9 Å². The Kier molecular flexibility index (Phi) is 1.19. The SMILES string of the molecule is O=C1CC2=C(C2)C(=O)ONO1. The number of nitrogens with one attached hydrogen (secondary N) is 1. The van der Waals surface area contributed by atoms with E-state index in [1.807, 2.05) is 5.64 Å². The van der Waals surface area contributed by atoms with Crippen LogP contribution in [0, 0.1) is 0 Å². The standard InChI is InChI=1S/C6H5NO4/c8-5-2-3-1-4(3)6(9)11-7-10-5/h7H,1-2H2. The zero-order chi connectivity index (χ0) is 7.84. The maximum atomic E-state index is 10.8. The molecule has 1 heterocycles. The van der Waals surface area contributed by atoms with Crippen LogP contribution in [-0.4, -0.2) is 11.9 Å². The average molecular weight is 155 g/mol. The highest BCUT2D eigenvalue weighted by Crippen LogP contribution is 2.35. The number of hydrogen-bond acceptors (Lipinski definition) is 5. The molecule has 2 aliphatic rings. The summed E-state index contributed by atoms with van der Waals surface area (Å²) in [5.74, 6) is -0.880. The first-order valence-electron chi connectivity index (χ1n) is 3.14. The molecule has 1 aliphatic carbocycles. The van der Waals surface area contributed by atoms with Crippen LogP contribution in [0.25, 0.3) is 0 Å². The summed E-state index contributed by atoms with van der Waals surface area (Å²) in [5.41, 5.74) is 3.22. The van der Waals surface area contributed by atoms with Crippen molar-refractivity contribution in [2.45, 2.75) is 12.8 Å². The molecule has 0 atom stereocenters. The van der Waals surface area contributed by atoms with Gasteiger partial charge in [0.1, 0.15) is 0 Å². The zero-order valence-corrected chi connectivity index (χ0v) is 5.55. The molecule has 0 radical (unpaired) electrons. The molecule has 0 bridgehead atoms. The predicted octanol–water partition coefficient (Wildman–Crippen LogP) is -0.404. The molecule has 0 amide bonds. The summed E-state index contributed by atoms with van der Waals surface area (Å²) >= 11 is 0. The summed E-state index contributed by atoms with van der Waals surface area (Å²) in [4.78, 5) is 30.1. The minimum Gasteiger partial charge on any atom is -0.335 e. The van der Waals surface area contributed by atoms with E-state index in [2.05, 4.69) is 9.68 Å². The van der Waals surface area contributed by atoms with Gasteiger partial charge in [0, 0.05) is 17.6 Å². The van der Waals surface area contributed by atoms with Crippen LogP contribution in [0.15, 0.2) is 11.1 Å². The highest BCUT2D eigenvalue weighted by Gasteiger charge is 2.33. The second kappa shape index (κ2) is 2.06. The van der Waals surface area contributed by atoms with Crippen molar-refractivity contribution in [2.24, 2.45) is 0 Å². The minimum absolute atomic E-state index is 0.192. The van der Waals surface area contributed by atoms with Gasteiger partial charge in [0.25, 0.3) is 0 Å². The molecule has 5 heteroatoms. The van der Waals surface area contributed by atoms with Crippen molar-refractivity contribution < 1.29 is 19.3 Å². The molecule has 58 valence electrons. The second-order valence-corrected chi connectivity index (χ2v) is 2.38. The Bertz CT molecular complexity index is 268. The fourth-order valence-electron chi connectivity index (χ4n) is 0.932. The molecule has 0 aromatic rings. The Morgan fingerprint density at radius 1 is 1.18 bits per heavy atom. The van der Waals surface area contributed by atoms with Crippen molar-refractivity contribution in [3.8, 4) is 0 Å². The Balaban J connectivity index is 2.16.